The molecule has 4 atom stereocenters. The number of carbonyl (C=O) groups is 3. The molecular formula is C35H34N6O3. The molecule has 0 N–H and O–H groups in total. The van der Waals surface area contributed by atoms with E-state index < -0.39 is 23.9 Å². The fraction of sp³-hybridized carbons (Fsp3) is 0.314. The average molecular weight is 587 g/mol. The Balaban J connectivity index is 1.18. The van der Waals surface area contributed by atoms with Gasteiger partial charge in [0, 0.05) is 5.92 Å². The van der Waals surface area contributed by atoms with E-state index >= 15 is 0 Å². The van der Waals surface area contributed by atoms with E-state index in [1.54, 1.807) is 17.1 Å². The molecule has 3 aliphatic heterocycles. The van der Waals surface area contributed by atoms with E-state index in [0.29, 0.717) is 5.69 Å². The standard InChI is InChI=1S/C35H34N6O3/c1-21-7-13-24(14-8-21)19-26-5-4-6-28-30(26)37-41(32(28)25-15-9-22(2)10-16-25)29(42)20-39-33-31(36-38-39)34(43)40(35(33)44)27-17-11-23(3)12-18-27/h7-19,28,31-33H,4-6,20H2,1-3H3/b26-19-/t28-,31+,32+,33+/m1/s1. The minimum Gasteiger partial charge on any atom is -0.271 e. The molecule has 0 unspecified atom stereocenters. The van der Waals surface area contributed by atoms with Gasteiger partial charge in [0.05, 0.1) is 17.4 Å². The van der Waals surface area contributed by atoms with Crippen LogP contribution in [0.5, 0.6) is 0 Å². The lowest BCUT2D eigenvalue weighted by Gasteiger charge is -2.30. The monoisotopic (exact) mass is 586 g/mol. The zero-order chi connectivity index (χ0) is 30.5. The summed E-state index contributed by atoms with van der Waals surface area (Å²) >= 11 is 0. The summed E-state index contributed by atoms with van der Waals surface area (Å²) in [6, 6.07) is 21.7. The summed E-state index contributed by atoms with van der Waals surface area (Å²) in [5, 5.41) is 16.2. The Morgan fingerprint density at radius 3 is 2.16 bits per heavy atom. The Labute approximate surface area is 256 Å². The molecule has 0 bridgehead atoms. The number of allylic oxidation sites excluding steroid dienone is 1. The van der Waals surface area contributed by atoms with E-state index in [2.05, 4.69) is 71.9 Å². The highest BCUT2D eigenvalue weighted by molar-refractivity contribution is 6.25. The molecule has 0 spiro atoms. The maximum atomic E-state index is 14.1. The molecule has 1 saturated heterocycles. The van der Waals surface area contributed by atoms with Crippen LogP contribution >= 0.6 is 0 Å². The average Bonchev–Trinajstić information content (AvgIpc) is 3.69. The van der Waals surface area contributed by atoms with Crippen molar-refractivity contribution in [1.82, 2.24) is 10.0 Å². The van der Waals surface area contributed by atoms with Gasteiger partial charge in [-0.1, -0.05) is 82.6 Å². The van der Waals surface area contributed by atoms with Crippen molar-refractivity contribution in [1.29, 1.82) is 0 Å². The maximum absolute atomic E-state index is 14.1. The molecule has 3 amide bonds. The fourth-order valence-corrected chi connectivity index (χ4v) is 6.68. The van der Waals surface area contributed by atoms with E-state index in [9.17, 15) is 14.4 Å². The summed E-state index contributed by atoms with van der Waals surface area (Å²) in [5.74, 6) is -1.10. The van der Waals surface area contributed by atoms with Gasteiger partial charge in [0.2, 0.25) is 0 Å². The SMILES string of the molecule is Cc1ccc(/C=C2/CCC[C@@H]3C2=NN(C(=O)CN2N=N[C@@H]4C(=O)N(c5ccc(C)cc5)C(=O)[C@H]42)[C@H]3c2ccc(C)cc2)cc1. The Bertz CT molecular complexity index is 1730. The summed E-state index contributed by atoms with van der Waals surface area (Å²) < 4.78 is 0. The number of hydrogen-bond donors (Lipinski definition) is 0. The van der Waals surface area contributed by atoms with Gasteiger partial charge in [0.15, 0.2) is 12.1 Å². The summed E-state index contributed by atoms with van der Waals surface area (Å²) in [4.78, 5) is 42.0. The number of hydrogen-bond acceptors (Lipinski definition) is 7. The normalized spacial score (nSPS) is 25.1. The van der Waals surface area contributed by atoms with Crippen LogP contribution in [0.25, 0.3) is 6.08 Å². The second-order valence-electron chi connectivity index (χ2n) is 12.2. The van der Waals surface area contributed by atoms with Crippen molar-refractivity contribution in [3.63, 3.8) is 0 Å². The van der Waals surface area contributed by atoms with Gasteiger partial charge in [0.1, 0.15) is 6.54 Å². The number of imide groups is 1. The van der Waals surface area contributed by atoms with Gasteiger partial charge >= 0.3 is 0 Å². The van der Waals surface area contributed by atoms with Crippen molar-refractivity contribution < 1.29 is 14.4 Å². The first kappa shape index (κ1) is 27.9. The molecule has 3 aromatic rings. The van der Waals surface area contributed by atoms with Crippen molar-refractivity contribution in [3.8, 4) is 0 Å². The molecule has 7 rings (SSSR count). The van der Waals surface area contributed by atoms with Crippen LogP contribution in [-0.2, 0) is 14.4 Å². The Hall–Kier alpha value is -4.92. The highest BCUT2D eigenvalue weighted by Gasteiger charge is 2.55. The van der Waals surface area contributed by atoms with Gasteiger partial charge in [-0.15, -0.1) is 0 Å². The number of rotatable bonds is 5. The number of hydrazone groups is 1. The van der Waals surface area contributed by atoms with Gasteiger partial charge in [-0.25, -0.2) is 9.91 Å². The number of fused-ring (bicyclic) bond motifs is 2. The maximum Gasteiger partial charge on any atom is 0.264 e. The zero-order valence-electron chi connectivity index (χ0n) is 25.1. The number of anilines is 1. The topological polar surface area (TPSA) is 98.0 Å². The van der Waals surface area contributed by atoms with Crippen LogP contribution < -0.4 is 4.90 Å². The minimum atomic E-state index is -0.971. The second kappa shape index (κ2) is 11.0. The van der Waals surface area contributed by atoms with Crippen LogP contribution in [0, 0.1) is 26.7 Å². The smallest absolute Gasteiger partial charge is 0.264 e. The summed E-state index contributed by atoms with van der Waals surface area (Å²) in [6.45, 7) is 5.84. The van der Waals surface area contributed by atoms with Gasteiger partial charge in [0.25, 0.3) is 17.7 Å². The predicted octanol–water partition coefficient (Wildman–Crippen LogP) is 5.73. The minimum absolute atomic E-state index is 0.0479. The molecule has 0 radical (unpaired) electrons. The molecule has 1 saturated carbocycles. The van der Waals surface area contributed by atoms with Crippen LogP contribution in [0.4, 0.5) is 5.69 Å². The van der Waals surface area contributed by atoms with Crippen LogP contribution in [0.1, 0.15) is 53.1 Å². The van der Waals surface area contributed by atoms with Crippen LogP contribution in [0.2, 0.25) is 0 Å². The van der Waals surface area contributed by atoms with Crippen molar-refractivity contribution in [3.05, 3.63) is 106 Å². The van der Waals surface area contributed by atoms with Crippen LogP contribution in [0.3, 0.4) is 0 Å². The molecule has 3 heterocycles. The predicted molar refractivity (Wildman–Crippen MR) is 168 cm³/mol. The van der Waals surface area contributed by atoms with Crippen molar-refractivity contribution in [2.24, 2.45) is 21.4 Å². The van der Waals surface area contributed by atoms with E-state index in [0.717, 1.165) is 57.7 Å². The third kappa shape index (κ3) is 4.82. The first-order valence-electron chi connectivity index (χ1n) is 15.1. The quantitative estimate of drug-likeness (QED) is 0.357. The van der Waals surface area contributed by atoms with Crippen LogP contribution in [0.15, 0.2) is 93.8 Å². The molecule has 4 aliphatic rings. The van der Waals surface area contributed by atoms with Crippen molar-refractivity contribution in [2.75, 3.05) is 11.4 Å². The molecule has 1 aliphatic carbocycles. The van der Waals surface area contributed by atoms with Gasteiger partial charge in [-0.3, -0.25) is 19.4 Å². The Morgan fingerprint density at radius 2 is 1.48 bits per heavy atom. The van der Waals surface area contributed by atoms with Gasteiger partial charge < -0.3 is 0 Å². The highest BCUT2D eigenvalue weighted by atomic mass is 16.2. The molecular weight excluding hydrogens is 552 g/mol. The number of benzene rings is 3. The van der Waals surface area contributed by atoms with Gasteiger partial charge in [-0.2, -0.15) is 10.2 Å². The van der Waals surface area contributed by atoms with E-state index in [1.807, 2.05) is 26.0 Å². The molecule has 44 heavy (non-hydrogen) atoms. The molecule has 9 nitrogen and oxygen atoms in total. The first-order chi connectivity index (χ1) is 21.3. The largest absolute Gasteiger partial charge is 0.271 e. The van der Waals surface area contributed by atoms with E-state index in [1.165, 1.54) is 10.6 Å². The fourth-order valence-electron chi connectivity index (χ4n) is 6.68. The van der Waals surface area contributed by atoms with Crippen LogP contribution in [-0.4, -0.2) is 52.1 Å². The highest BCUT2D eigenvalue weighted by Crippen LogP contribution is 2.45. The third-order valence-electron chi connectivity index (χ3n) is 9.04. The first-order valence-corrected chi connectivity index (χ1v) is 15.1. The molecule has 0 aromatic heterocycles. The lowest BCUT2D eigenvalue weighted by Crippen LogP contribution is -2.45. The summed E-state index contributed by atoms with van der Waals surface area (Å²) in [5.41, 5.74) is 8.06. The van der Waals surface area contributed by atoms with Crippen molar-refractivity contribution >= 4 is 35.2 Å². The Morgan fingerprint density at radius 1 is 0.841 bits per heavy atom. The molecule has 3 aromatic carbocycles. The number of amides is 3. The summed E-state index contributed by atoms with van der Waals surface area (Å²) in [7, 11) is 0. The van der Waals surface area contributed by atoms with E-state index in [-0.39, 0.29) is 24.4 Å². The zero-order valence-corrected chi connectivity index (χ0v) is 25.1. The van der Waals surface area contributed by atoms with E-state index in [4.69, 9.17) is 5.10 Å². The third-order valence-corrected chi connectivity index (χ3v) is 9.04. The number of carbonyl (C=O) groups excluding carboxylic acids is 3. The lowest BCUT2D eigenvalue weighted by molar-refractivity contribution is -0.136. The molecule has 9 heteroatoms. The molecule has 222 valence electrons. The van der Waals surface area contributed by atoms with Crippen molar-refractivity contribution in [2.45, 2.75) is 58.2 Å². The number of nitrogens with zero attached hydrogens (tertiary/aromatic N) is 6. The summed E-state index contributed by atoms with van der Waals surface area (Å²) in [6.07, 6.45) is 4.99. The number of aryl methyl sites for hydroxylation is 3. The second-order valence-corrected chi connectivity index (χ2v) is 12.2. The molecule has 2 fully saturated rings. The van der Waals surface area contributed by atoms with Gasteiger partial charge in [-0.05, 0) is 74.9 Å². The Kier molecular flexibility index (Phi) is 6.95. The lowest BCUT2D eigenvalue weighted by atomic mass is 9.77.